The van der Waals surface area contributed by atoms with Gasteiger partial charge in [-0.25, -0.2) is 18.2 Å². The van der Waals surface area contributed by atoms with Crippen LogP contribution < -0.4 is 10.0 Å². The summed E-state index contributed by atoms with van der Waals surface area (Å²) in [6.45, 7) is 0. The molecule has 0 aromatic heterocycles. The van der Waals surface area contributed by atoms with E-state index in [4.69, 9.17) is 11.6 Å². The van der Waals surface area contributed by atoms with Gasteiger partial charge in [0.1, 0.15) is 0 Å². The number of nitrogens with one attached hydrogen (secondary N) is 2. The normalized spacial score (nSPS) is 19.1. The second kappa shape index (κ2) is 4.98. The average molecular weight is 302 g/mol. The highest BCUT2D eigenvalue weighted by Gasteiger charge is 2.35. The average Bonchev–Trinajstić information content (AvgIpc) is 2.31. The highest BCUT2D eigenvalue weighted by Crippen LogP contribution is 2.22. The van der Waals surface area contributed by atoms with Gasteiger partial charge in [0.25, 0.3) is 5.91 Å². The van der Waals surface area contributed by atoms with Crippen molar-refractivity contribution in [2.24, 2.45) is 4.99 Å². The van der Waals surface area contributed by atoms with Gasteiger partial charge in [0, 0.05) is 6.21 Å². The summed E-state index contributed by atoms with van der Waals surface area (Å²) >= 11 is 5.81. The SMILES string of the molecule is O=C1N=CC(S(=O)(=O)Nc2ccccc2Cl)C(=O)N1. The van der Waals surface area contributed by atoms with Crippen LogP contribution in [0.4, 0.5) is 10.5 Å². The van der Waals surface area contributed by atoms with Crippen LogP contribution >= 0.6 is 11.6 Å². The number of urea groups is 1. The molecule has 0 fully saturated rings. The summed E-state index contributed by atoms with van der Waals surface area (Å²) in [6.07, 6.45) is 0.778. The van der Waals surface area contributed by atoms with Gasteiger partial charge in [-0.1, -0.05) is 23.7 Å². The van der Waals surface area contributed by atoms with Crippen molar-refractivity contribution in [2.75, 3.05) is 4.72 Å². The molecule has 7 nitrogen and oxygen atoms in total. The van der Waals surface area contributed by atoms with Gasteiger partial charge in [0.15, 0.2) is 5.25 Å². The third-order valence-corrected chi connectivity index (χ3v) is 4.11. The Hall–Kier alpha value is -1.93. The quantitative estimate of drug-likeness (QED) is 0.860. The van der Waals surface area contributed by atoms with Gasteiger partial charge < -0.3 is 0 Å². The van der Waals surface area contributed by atoms with Crippen molar-refractivity contribution < 1.29 is 18.0 Å². The number of carbonyl (C=O) groups is 2. The molecule has 0 radical (unpaired) electrons. The number of benzene rings is 1. The van der Waals surface area contributed by atoms with E-state index in [1.807, 2.05) is 5.32 Å². The molecule has 3 amide bonds. The van der Waals surface area contributed by atoms with Crippen molar-refractivity contribution in [1.29, 1.82) is 0 Å². The van der Waals surface area contributed by atoms with E-state index in [9.17, 15) is 18.0 Å². The minimum absolute atomic E-state index is 0.141. The van der Waals surface area contributed by atoms with Gasteiger partial charge in [-0.05, 0) is 12.1 Å². The zero-order chi connectivity index (χ0) is 14.0. The molecule has 0 saturated carbocycles. The third-order valence-electron chi connectivity index (χ3n) is 2.28. The minimum atomic E-state index is -4.08. The highest BCUT2D eigenvalue weighted by molar-refractivity contribution is 7.94. The molecule has 1 aromatic rings. The van der Waals surface area contributed by atoms with E-state index in [1.54, 1.807) is 12.1 Å². The second-order valence-corrected chi connectivity index (χ2v) is 5.83. The molecule has 0 aliphatic carbocycles. The first-order valence-corrected chi connectivity index (χ1v) is 6.98. The lowest BCUT2D eigenvalue weighted by Gasteiger charge is -2.17. The topological polar surface area (TPSA) is 105 Å². The summed E-state index contributed by atoms with van der Waals surface area (Å²) in [5, 5.41) is 0.416. The van der Waals surface area contributed by atoms with Crippen LogP contribution in [0.1, 0.15) is 0 Å². The number of anilines is 1. The van der Waals surface area contributed by atoms with Gasteiger partial charge >= 0.3 is 6.03 Å². The molecule has 1 heterocycles. The summed E-state index contributed by atoms with van der Waals surface area (Å²) in [7, 11) is -4.08. The maximum absolute atomic E-state index is 12.0. The molecule has 0 saturated heterocycles. The standard InChI is InChI=1S/C10H8ClN3O4S/c11-6-3-1-2-4-7(6)14-19(17,18)8-5-12-10(16)13-9(8)15/h1-5,8,14H,(H,13,15,16). The Morgan fingerprint density at radius 2 is 1.95 bits per heavy atom. The summed E-state index contributed by atoms with van der Waals surface area (Å²) in [5.41, 5.74) is 0.141. The second-order valence-electron chi connectivity index (χ2n) is 3.62. The van der Waals surface area contributed by atoms with Crippen LogP contribution in [0.15, 0.2) is 29.3 Å². The molecule has 2 N–H and O–H groups in total. The molecule has 0 bridgehead atoms. The van der Waals surface area contributed by atoms with Gasteiger partial charge in [-0.2, -0.15) is 0 Å². The predicted molar refractivity (Wildman–Crippen MR) is 69.8 cm³/mol. The third kappa shape index (κ3) is 2.91. The fourth-order valence-electron chi connectivity index (χ4n) is 1.39. The number of sulfonamides is 1. The first kappa shape index (κ1) is 13.5. The van der Waals surface area contributed by atoms with Crippen LogP contribution in [0.3, 0.4) is 0 Å². The molecule has 19 heavy (non-hydrogen) atoms. The zero-order valence-corrected chi connectivity index (χ0v) is 10.9. The van der Waals surface area contributed by atoms with Crippen molar-refractivity contribution >= 4 is 45.5 Å². The number of hydrogen-bond donors (Lipinski definition) is 2. The molecule has 9 heteroatoms. The van der Waals surface area contributed by atoms with Crippen molar-refractivity contribution in [2.45, 2.75) is 5.25 Å². The fourth-order valence-corrected chi connectivity index (χ4v) is 2.81. The molecule has 1 atom stereocenters. The summed E-state index contributed by atoms with van der Waals surface area (Å²) in [5.74, 6) is -0.959. The van der Waals surface area contributed by atoms with E-state index >= 15 is 0 Å². The van der Waals surface area contributed by atoms with Crippen LogP contribution in [0, 0.1) is 0 Å². The van der Waals surface area contributed by atoms with Gasteiger partial charge in [0.05, 0.1) is 10.7 Å². The molecule has 1 aromatic carbocycles. The highest BCUT2D eigenvalue weighted by atomic mass is 35.5. The molecule has 100 valence electrons. The largest absolute Gasteiger partial charge is 0.347 e. The number of amides is 3. The lowest BCUT2D eigenvalue weighted by atomic mass is 10.3. The van der Waals surface area contributed by atoms with E-state index in [-0.39, 0.29) is 10.7 Å². The molecular weight excluding hydrogens is 294 g/mol. The molecule has 0 spiro atoms. The molecule has 1 aliphatic heterocycles. The Balaban J connectivity index is 2.29. The van der Waals surface area contributed by atoms with Gasteiger partial charge in [-0.15, -0.1) is 0 Å². The first-order valence-electron chi connectivity index (χ1n) is 5.05. The van der Waals surface area contributed by atoms with Crippen LogP contribution in [-0.2, 0) is 14.8 Å². The number of rotatable bonds is 3. The lowest BCUT2D eigenvalue weighted by Crippen LogP contribution is -2.48. The maximum atomic E-state index is 12.0. The number of imide groups is 1. The van der Waals surface area contributed by atoms with Crippen molar-refractivity contribution in [3.8, 4) is 0 Å². The van der Waals surface area contributed by atoms with Crippen molar-refractivity contribution in [1.82, 2.24) is 5.32 Å². The Bertz CT molecular complexity index is 671. The van der Waals surface area contributed by atoms with Crippen molar-refractivity contribution in [3.05, 3.63) is 29.3 Å². The van der Waals surface area contributed by atoms with E-state index in [1.165, 1.54) is 12.1 Å². The minimum Gasteiger partial charge on any atom is -0.281 e. The Labute approximate surface area is 113 Å². The van der Waals surface area contributed by atoms with E-state index in [2.05, 4.69) is 9.71 Å². The van der Waals surface area contributed by atoms with Gasteiger partial charge in [0.2, 0.25) is 10.0 Å². The van der Waals surface area contributed by atoms with Crippen LogP contribution in [0.5, 0.6) is 0 Å². The van der Waals surface area contributed by atoms with Crippen LogP contribution in [0.25, 0.3) is 0 Å². The number of hydrogen-bond acceptors (Lipinski definition) is 4. The number of para-hydroxylation sites is 1. The smallest absolute Gasteiger partial charge is 0.281 e. The van der Waals surface area contributed by atoms with Crippen molar-refractivity contribution in [3.63, 3.8) is 0 Å². The molecule has 1 aliphatic rings. The van der Waals surface area contributed by atoms with E-state index in [0.29, 0.717) is 0 Å². The van der Waals surface area contributed by atoms with E-state index < -0.39 is 27.2 Å². The first-order chi connectivity index (χ1) is 8.90. The fraction of sp³-hybridized carbons (Fsp3) is 0.100. The Kier molecular flexibility index (Phi) is 3.54. The van der Waals surface area contributed by atoms with Crippen LogP contribution in [-0.4, -0.2) is 31.8 Å². The number of carbonyl (C=O) groups excluding carboxylic acids is 2. The summed E-state index contributed by atoms with van der Waals surface area (Å²) in [6, 6.07) is 5.27. The number of aliphatic imine (C=N–C) groups is 1. The molecular formula is C10H8ClN3O4S. The van der Waals surface area contributed by atoms with Gasteiger partial charge in [-0.3, -0.25) is 14.8 Å². The number of nitrogens with zero attached hydrogens (tertiary/aromatic N) is 1. The van der Waals surface area contributed by atoms with E-state index in [0.717, 1.165) is 6.21 Å². The predicted octanol–water partition coefficient (Wildman–Crippen LogP) is 0.771. The number of halogens is 1. The molecule has 1 unspecified atom stereocenters. The monoisotopic (exact) mass is 301 g/mol. The summed E-state index contributed by atoms with van der Waals surface area (Å²) < 4.78 is 26.2. The summed E-state index contributed by atoms with van der Waals surface area (Å²) in [4.78, 5) is 25.5. The van der Waals surface area contributed by atoms with Crippen LogP contribution in [0.2, 0.25) is 5.02 Å². The maximum Gasteiger partial charge on any atom is 0.347 e. The Morgan fingerprint density at radius 3 is 2.58 bits per heavy atom. The zero-order valence-electron chi connectivity index (χ0n) is 9.33. The lowest BCUT2D eigenvalue weighted by molar-refractivity contribution is -0.118. The molecule has 2 rings (SSSR count). The Morgan fingerprint density at radius 1 is 1.26 bits per heavy atom.